The standard InChI is InChI=1S/C17H25N5O2/c1-4-24-12-16-20-19-15-10-13(2)21(8-9-22(15)16)11-14-6-5-7-18-17(14)23-3/h5-7,13H,4,8-12H2,1-3H3/t13-/m0/s1. The van der Waals surface area contributed by atoms with Crippen molar-refractivity contribution in [2.45, 2.75) is 46.0 Å². The molecule has 0 amide bonds. The molecule has 0 spiro atoms. The van der Waals surface area contributed by atoms with Gasteiger partial charge >= 0.3 is 0 Å². The normalized spacial score (nSPS) is 18.2. The van der Waals surface area contributed by atoms with Crippen molar-refractivity contribution in [1.82, 2.24) is 24.6 Å². The Bertz CT molecular complexity index is 673. The summed E-state index contributed by atoms with van der Waals surface area (Å²) in [4.78, 5) is 6.74. The van der Waals surface area contributed by atoms with E-state index in [-0.39, 0.29) is 0 Å². The number of pyridine rings is 1. The molecule has 1 aliphatic heterocycles. The van der Waals surface area contributed by atoms with Crippen LogP contribution in [0, 0.1) is 0 Å². The number of rotatable bonds is 6. The molecule has 0 saturated heterocycles. The predicted molar refractivity (Wildman–Crippen MR) is 89.7 cm³/mol. The molecule has 0 saturated carbocycles. The predicted octanol–water partition coefficient (Wildman–Crippen LogP) is 1.66. The molecule has 0 bridgehead atoms. The minimum absolute atomic E-state index is 0.375. The van der Waals surface area contributed by atoms with Crippen LogP contribution >= 0.6 is 0 Å². The number of methoxy groups -OCH3 is 1. The van der Waals surface area contributed by atoms with Crippen LogP contribution in [0.1, 0.15) is 31.1 Å². The van der Waals surface area contributed by atoms with Crippen LogP contribution in [0.5, 0.6) is 5.88 Å². The number of aromatic nitrogens is 4. The van der Waals surface area contributed by atoms with E-state index >= 15 is 0 Å². The van der Waals surface area contributed by atoms with Crippen molar-refractivity contribution in [2.24, 2.45) is 0 Å². The van der Waals surface area contributed by atoms with Gasteiger partial charge in [0.2, 0.25) is 5.88 Å². The number of hydrogen-bond acceptors (Lipinski definition) is 6. The second kappa shape index (κ2) is 7.72. The first kappa shape index (κ1) is 16.9. The van der Waals surface area contributed by atoms with E-state index in [0.29, 0.717) is 25.1 Å². The van der Waals surface area contributed by atoms with Gasteiger partial charge < -0.3 is 14.0 Å². The van der Waals surface area contributed by atoms with Crippen LogP contribution in [0.15, 0.2) is 18.3 Å². The van der Waals surface area contributed by atoms with Crippen molar-refractivity contribution < 1.29 is 9.47 Å². The number of ether oxygens (including phenoxy) is 2. The van der Waals surface area contributed by atoms with Gasteiger partial charge in [-0.1, -0.05) is 6.07 Å². The molecule has 0 unspecified atom stereocenters. The average Bonchev–Trinajstić information content (AvgIpc) is 2.90. The first-order chi connectivity index (χ1) is 11.7. The van der Waals surface area contributed by atoms with Crippen LogP contribution in [0.25, 0.3) is 0 Å². The van der Waals surface area contributed by atoms with Crippen molar-refractivity contribution in [1.29, 1.82) is 0 Å². The molecule has 3 rings (SSSR count). The molecule has 0 radical (unpaired) electrons. The van der Waals surface area contributed by atoms with Crippen LogP contribution in [0.4, 0.5) is 0 Å². The molecule has 1 atom stereocenters. The van der Waals surface area contributed by atoms with Crippen LogP contribution in [-0.4, -0.2) is 51.0 Å². The lowest BCUT2D eigenvalue weighted by molar-refractivity contribution is 0.124. The zero-order valence-electron chi connectivity index (χ0n) is 14.6. The SMILES string of the molecule is CCOCc1nnc2n1CCN(Cc1cccnc1OC)[C@@H](C)C2. The molecule has 1 aliphatic rings. The first-order valence-electron chi connectivity index (χ1n) is 8.43. The second-order valence-electron chi connectivity index (χ2n) is 6.02. The fraction of sp³-hybridized carbons (Fsp3) is 0.588. The van der Waals surface area contributed by atoms with Gasteiger partial charge in [0.25, 0.3) is 0 Å². The average molecular weight is 331 g/mol. The lowest BCUT2D eigenvalue weighted by atomic mass is 10.1. The van der Waals surface area contributed by atoms with E-state index in [2.05, 4.69) is 37.6 Å². The number of nitrogens with zero attached hydrogens (tertiary/aromatic N) is 5. The highest BCUT2D eigenvalue weighted by molar-refractivity contribution is 5.25. The number of fused-ring (bicyclic) bond motifs is 1. The van der Waals surface area contributed by atoms with Gasteiger partial charge in [-0.2, -0.15) is 0 Å². The Hall–Kier alpha value is -1.99. The third-order valence-corrected chi connectivity index (χ3v) is 4.47. The van der Waals surface area contributed by atoms with Crippen LogP contribution in [0.2, 0.25) is 0 Å². The molecule has 7 nitrogen and oxygen atoms in total. The largest absolute Gasteiger partial charge is 0.481 e. The maximum absolute atomic E-state index is 5.50. The van der Waals surface area contributed by atoms with Crippen LogP contribution in [-0.2, 0) is 30.9 Å². The summed E-state index contributed by atoms with van der Waals surface area (Å²) in [5, 5.41) is 8.65. The van der Waals surface area contributed by atoms with E-state index in [4.69, 9.17) is 9.47 Å². The lowest BCUT2D eigenvalue weighted by Crippen LogP contribution is -2.34. The highest BCUT2D eigenvalue weighted by atomic mass is 16.5. The Labute approximate surface area is 142 Å². The van der Waals surface area contributed by atoms with Crippen molar-refractivity contribution >= 4 is 0 Å². The zero-order chi connectivity index (χ0) is 16.9. The van der Waals surface area contributed by atoms with Crippen molar-refractivity contribution in [3.05, 3.63) is 35.5 Å². The molecule has 7 heteroatoms. The van der Waals surface area contributed by atoms with E-state index in [9.17, 15) is 0 Å². The Kier molecular flexibility index (Phi) is 5.42. The minimum atomic E-state index is 0.375. The van der Waals surface area contributed by atoms with Gasteiger partial charge in [0, 0.05) is 50.5 Å². The molecular formula is C17H25N5O2. The number of hydrogen-bond donors (Lipinski definition) is 0. The van der Waals surface area contributed by atoms with Crippen LogP contribution < -0.4 is 4.74 Å². The Morgan fingerprint density at radius 1 is 1.29 bits per heavy atom. The summed E-state index contributed by atoms with van der Waals surface area (Å²) in [6.07, 6.45) is 2.64. The van der Waals surface area contributed by atoms with Gasteiger partial charge in [-0.3, -0.25) is 4.90 Å². The van der Waals surface area contributed by atoms with Crippen molar-refractivity contribution in [2.75, 3.05) is 20.3 Å². The molecule has 0 N–H and O–H groups in total. The third kappa shape index (κ3) is 3.57. The molecule has 0 aliphatic carbocycles. The summed E-state index contributed by atoms with van der Waals surface area (Å²) in [6.45, 7) is 8.05. The Morgan fingerprint density at radius 2 is 2.17 bits per heavy atom. The summed E-state index contributed by atoms with van der Waals surface area (Å²) in [6, 6.07) is 4.40. The molecule has 130 valence electrons. The van der Waals surface area contributed by atoms with E-state index in [1.807, 2.05) is 13.0 Å². The zero-order valence-corrected chi connectivity index (χ0v) is 14.6. The monoisotopic (exact) mass is 331 g/mol. The summed E-state index contributed by atoms with van der Waals surface area (Å²) < 4.78 is 13.1. The van der Waals surface area contributed by atoms with Gasteiger partial charge in [0.15, 0.2) is 5.82 Å². The summed E-state index contributed by atoms with van der Waals surface area (Å²) >= 11 is 0. The van der Waals surface area contributed by atoms with Gasteiger partial charge in [-0.15, -0.1) is 10.2 Å². The third-order valence-electron chi connectivity index (χ3n) is 4.47. The van der Waals surface area contributed by atoms with Gasteiger partial charge in [-0.25, -0.2) is 4.98 Å². The minimum Gasteiger partial charge on any atom is -0.481 e. The quantitative estimate of drug-likeness (QED) is 0.802. The van der Waals surface area contributed by atoms with E-state index in [0.717, 1.165) is 43.3 Å². The van der Waals surface area contributed by atoms with Gasteiger partial charge in [0.1, 0.15) is 12.4 Å². The highest BCUT2D eigenvalue weighted by Crippen LogP contribution is 2.21. The van der Waals surface area contributed by atoms with Crippen LogP contribution in [0.3, 0.4) is 0 Å². The Balaban J connectivity index is 1.73. The molecule has 0 fully saturated rings. The maximum Gasteiger partial charge on any atom is 0.217 e. The van der Waals surface area contributed by atoms with Crippen molar-refractivity contribution in [3.8, 4) is 5.88 Å². The van der Waals surface area contributed by atoms with Crippen molar-refractivity contribution in [3.63, 3.8) is 0 Å². The first-order valence-corrected chi connectivity index (χ1v) is 8.43. The fourth-order valence-corrected chi connectivity index (χ4v) is 3.11. The summed E-state index contributed by atoms with van der Waals surface area (Å²) in [7, 11) is 1.67. The van der Waals surface area contributed by atoms with Gasteiger partial charge in [0.05, 0.1) is 7.11 Å². The Morgan fingerprint density at radius 3 is 2.96 bits per heavy atom. The lowest BCUT2D eigenvalue weighted by Gasteiger charge is -2.26. The molecular weight excluding hydrogens is 306 g/mol. The molecule has 24 heavy (non-hydrogen) atoms. The highest BCUT2D eigenvalue weighted by Gasteiger charge is 2.24. The van der Waals surface area contributed by atoms with Gasteiger partial charge in [-0.05, 0) is 19.9 Å². The van der Waals surface area contributed by atoms with E-state index in [1.54, 1.807) is 13.3 Å². The fourth-order valence-electron chi connectivity index (χ4n) is 3.11. The molecule has 0 aromatic carbocycles. The summed E-state index contributed by atoms with van der Waals surface area (Å²) in [5.41, 5.74) is 1.11. The van der Waals surface area contributed by atoms with E-state index < -0.39 is 0 Å². The topological polar surface area (TPSA) is 65.3 Å². The molecule has 2 aromatic rings. The second-order valence-corrected chi connectivity index (χ2v) is 6.02. The van der Waals surface area contributed by atoms with E-state index in [1.165, 1.54) is 0 Å². The molecule has 2 aromatic heterocycles. The molecule has 3 heterocycles. The summed E-state index contributed by atoms with van der Waals surface area (Å²) in [5.74, 6) is 2.66. The smallest absolute Gasteiger partial charge is 0.217 e. The maximum atomic E-state index is 5.50.